The van der Waals surface area contributed by atoms with Crippen LogP contribution in [0.15, 0.2) is 46.0 Å². The molecule has 4 rings (SSSR count). The lowest BCUT2D eigenvalue weighted by Crippen LogP contribution is -2.37. The normalized spacial score (nSPS) is 10.8. The maximum atomic E-state index is 13.0. The number of non-ortho nitro benzene ring substituents is 1. The molecule has 2 aromatic heterocycles. The molecule has 0 bridgehead atoms. The standard InChI is InChI=1S/C19H15N5O7S/c1-29-13-8-10(9-14(30-2)15(13)31-3)16-21-23-18(32-16)20-17(25)22(19(23)26)11-4-6-12(7-5-11)24(27)28/h4-9H,1-3H3. The molecule has 0 aliphatic rings. The fourth-order valence-corrected chi connectivity index (χ4v) is 3.91. The summed E-state index contributed by atoms with van der Waals surface area (Å²) in [6.45, 7) is 0. The number of nitrogens with zero attached hydrogens (tertiary/aromatic N) is 5. The number of aromatic nitrogens is 4. The number of fused-ring (bicyclic) bond motifs is 1. The minimum Gasteiger partial charge on any atom is -0.493 e. The molecular formula is C19H15N5O7S. The predicted molar refractivity (Wildman–Crippen MR) is 114 cm³/mol. The summed E-state index contributed by atoms with van der Waals surface area (Å²) < 4.78 is 17.8. The van der Waals surface area contributed by atoms with Crippen molar-refractivity contribution in [3.63, 3.8) is 0 Å². The van der Waals surface area contributed by atoms with E-state index < -0.39 is 16.3 Å². The highest BCUT2D eigenvalue weighted by Gasteiger charge is 2.19. The Hall–Kier alpha value is -4.26. The van der Waals surface area contributed by atoms with Gasteiger partial charge in [-0.3, -0.25) is 10.1 Å². The number of ether oxygens (including phenoxy) is 3. The Bertz CT molecular complexity index is 1430. The molecule has 0 saturated heterocycles. The summed E-state index contributed by atoms with van der Waals surface area (Å²) in [5.74, 6) is 1.19. The number of nitro groups is 1. The van der Waals surface area contributed by atoms with Gasteiger partial charge in [-0.25, -0.2) is 14.2 Å². The number of benzene rings is 2. The van der Waals surface area contributed by atoms with Crippen molar-refractivity contribution in [2.45, 2.75) is 0 Å². The van der Waals surface area contributed by atoms with Crippen LogP contribution in [0.25, 0.3) is 21.2 Å². The van der Waals surface area contributed by atoms with Gasteiger partial charge in [-0.15, -0.1) is 5.10 Å². The first kappa shape index (κ1) is 21.0. The van der Waals surface area contributed by atoms with Crippen LogP contribution in [0.3, 0.4) is 0 Å². The highest BCUT2D eigenvalue weighted by molar-refractivity contribution is 7.19. The molecule has 0 radical (unpaired) electrons. The van der Waals surface area contributed by atoms with Crippen LogP contribution < -0.4 is 25.6 Å². The van der Waals surface area contributed by atoms with Gasteiger partial charge in [0, 0.05) is 17.7 Å². The zero-order chi connectivity index (χ0) is 23.0. The maximum absolute atomic E-state index is 13.0. The lowest BCUT2D eigenvalue weighted by Gasteiger charge is -2.13. The van der Waals surface area contributed by atoms with Crippen LogP contribution in [0.5, 0.6) is 17.2 Å². The Morgan fingerprint density at radius 2 is 1.62 bits per heavy atom. The van der Waals surface area contributed by atoms with Crippen LogP contribution in [-0.4, -0.2) is 45.4 Å². The molecule has 0 aliphatic heterocycles. The van der Waals surface area contributed by atoms with Gasteiger partial charge in [0.25, 0.3) is 5.69 Å². The van der Waals surface area contributed by atoms with E-state index in [0.29, 0.717) is 27.8 Å². The number of hydrogen-bond donors (Lipinski definition) is 0. The second-order valence-corrected chi connectivity index (χ2v) is 7.26. The Morgan fingerprint density at radius 3 is 2.16 bits per heavy atom. The molecular weight excluding hydrogens is 442 g/mol. The second kappa shape index (κ2) is 8.11. The molecule has 0 amide bonds. The molecule has 13 heteroatoms. The van der Waals surface area contributed by atoms with E-state index >= 15 is 0 Å². The topological polar surface area (TPSA) is 140 Å². The SMILES string of the molecule is COc1cc(-c2nn3c(=O)n(-c4ccc([N+](=O)[O-])cc4)c(=O)nc3s2)cc(OC)c1OC. The fraction of sp³-hybridized carbons (Fsp3) is 0.158. The van der Waals surface area contributed by atoms with Crippen molar-refractivity contribution in [1.82, 2.24) is 19.2 Å². The number of nitro benzene ring substituents is 1. The highest BCUT2D eigenvalue weighted by atomic mass is 32.1. The van der Waals surface area contributed by atoms with Crippen molar-refractivity contribution in [3.05, 3.63) is 67.5 Å². The van der Waals surface area contributed by atoms with Gasteiger partial charge in [0.05, 0.1) is 31.9 Å². The first-order valence-corrected chi connectivity index (χ1v) is 9.77. The lowest BCUT2D eigenvalue weighted by molar-refractivity contribution is -0.384. The van der Waals surface area contributed by atoms with E-state index in [1.807, 2.05) is 0 Å². The molecule has 0 unspecified atom stereocenters. The van der Waals surface area contributed by atoms with E-state index in [-0.39, 0.29) is 16.3 Å². The average molecular weight is 457 g/mol. The Morgan fingerprint density at radius 1 is 1.00 bits per heavy atom. The summed E-state index contributed by atoms with van der Waals surface area (Å²) in [5, 5.41) is 15.5. The van der Waals surface area contributed by atoms with Gasteiger partial charge in [-0.1, -0.05) is 11.3 Å². The largest absolute Gasteiger partial charge is 0.493 e. The first-order valence-electron chi connectivity index (χ1n) is 8.96. The predicted octanol–water partition coefficient (Wildman–Crippen LogP) is 1.90. The van der Waals surface area contributed by atoms with Gasteiger partial charge >= 0.3 is 11.4 Å². The quantitative estimate of drug-likeness (QED) is 0.313. The summed E-state index contributed by atoms with van der Waals surface area (Å²) in [6.07, 6.45) is 0. The van der Waals surface area contributed by atoms with E-state index in [1.54, 1.807) is 12.1 Å². The molecule has 32 heavy (non-hydrogen) atoms. The van der Waals surface area contributed by atoms with Crippen molar-refractivity contribution in [2.24, 2.45) is 0 Å². The van der Waals surface area contributed by atoms with Gasteiger partial charge in [0.15, 0.2) is 11.5 Å². The van der Waals surface area contributed by atoms with Gasteiger partial charge in [0.2, 0.25) is 10.7 Å². The fourth-order valence-electron chi connectivity index (χ4n) is 3.05. The molecule has 0 aliphatic carbocycles. The van der Waals surface area contributed by atoms with Crippen LogP contribution in [0, 0.1) is 10.1 Å². The van der Waals surface area contributed by atoms with Crippen LogP contribution in [0.1, 0.15) is 0 Å². The number of hydrogen-bond acceptors (Lipinski definition) is 10. The van der Waals surface area contributed by atoms with E-state index in [2.05, 4.69) is 10.1 Å². The van der Waals surface area contributed by atoms with Crippen molar-refractivity contribution in [1.29, 1.82) is 0 Å². The van der Waals surface area contributed by atoms with E-state index in [1.165, 1.54) is 45.6 Å². The third-order valence-corrected chi connectivity index (χ3v) is 5.50. The first-order chi connectivity index (χ1) is 15.4. The molecule has 12 nitrogen and oxygen atoms in total. The zero-order valence-electron chi connectivity index (χ0n) is 17.0. The highest BCUT2D eigenvalue weighted by Crippen LogP contribution is 2.41. The van der Waals surface area contributed by atoms with Crippen LogP contribution in [-0.2, 0) is 0 Å². The van der Waals surface area contributed by atoms with Crippen molar-refractivity contribution in [2.75, 3.05) is 21.3 Å². The van der Waals surface area contributed by atoms with Crippen LogP contribution in [0.4, 0.5) is 5.69 Å². The van der Waals surface area contributed by atoms with Gasteiger partial charge in [-0.05, 0) is 24.3 Å². The molecule has 0 atom stereocenters. The van der Waals surface area contributed by atoms with Crippen molar-refractivity contribution < 1.29 is 19.1 Å². The molecule has 4 aromatic rings. The summed E-state index contributed by atoms with van der Waals surface area (Å²) in [4.78, 5) is 39.8. The summed E-state index contributed by atoms with van der Waals surface area (Å²) in [7, 11) is 4.43. The smallest absolute Gasteiger partial charge is 0.360 e. The molecule has 0 N–H and O–H groups in total. The lowest BCUT2D eigenvalue weighted by atomic mass is 10.2. The molecule has 2 aromatic carbocycles. The van der Waals surface area contributed by atoms with E-state index in [0.717, 1.165) is 20.4 Å². The molecule has 0 saturated carbocycles. The minimum absolute atomic E-state index is 0.0851. The Kier molecular flexibility index (Phi) is 5.32. The summed E-state index contributed by atoms with van der Waals surface area (Å²) in [5.41, 5.74) is -1.07. The number of methoxy groups -OCH3 is 3. The van der Waals surface area contributed by atoms with Crippen molar-refractivity contribution >= 4 is 22.0 Å². The van der Waals surface area contributed by atoms with Crippen LogP contribution in [0.2, 0.25) is 0 Å². The third kappa shape index (κ3) is 3.43. The van der Waals surface area contributed by atoms with Gasteiger partial charge in [-0.2, -0.15) is 9.50 Å². The molecule has 0 spiro atoms. The van der Waals surface area contributed by atoms with Gasteiger partial charge < -0.3 is 14.2 Å². The molecule has 2 heterocycles. The van der Waals surface area contributed by atoms with E-state index in [9.17, 15) is 19.7 Å². The summed E-state index contributed by atoms with van der Waals surface area (Å²) in [6, 6.07) is 8.29. The average Bonchev–Trinajstić information content (AvgIpc) is 3.22. The van der Waals surface area contributed by atoms with Gasteiger partial charge in [0.1, 0.15) is 5.01 Å². The Labute approximate surface area is 183 Å². The maximum Gasteiger partial charge on any atom is 0.360 e. The monoisotopic (exact) mass is 457 g/mol. The zero-order valence-corrected chi connectivity index (χ0v) is 17.8. The third-order valence-electron chi connectivity index (χ3n) is 4.55. The molecule has 164 valence electrons. The molecule has 0 fully saturated rings. The second-order valence-electron chi connectivity index (χ2n) is 6.30. The Balaban J connectivity index is 1.88. The van der Waals surface area contributed by atoms with Crippen molar-refractivity contribution in [3.8, 4) is 33.5 Å². The summed E-state index contributed by atoms with van der Waals surface area (Å²) >= 11 is 1.03. The van der Waals surface area contributed by atoms with E-state index in [4.69, 9.17) is 14.2 Å². The minimum atomic E-state index is -0.830. The number of rotatable bonds is 6. The van der Waals surface area contributed by atoms with Crippen LogP contribution >= 0.6 is 11.3 Å².